The molecule has 0 spiro atoms. The maximum absolute atomic E-state index is 15.4. The molecule has 4 aliphatic rings. The molecule has 0 saturated heterocycles. The van der Waals surface area contributed by atoms with Crippen molar-refractivity contribution in [2.24, 2.45) is 17.8 Å². The Bertz CT molecular complexity index is 3100. The number of fused-ring (bicyclic) bond motifs is 5. The van der Waals surface area contributed by atoms with E-state index in [9.17, 15) is 53.1 Å². The van der Waals surface area contributed by atoms with Crippen molar-refractivity contribution in [3.8, 4) is 11.4 Å². The van der Waals surface area contributed by atoms with Crippen LogP contribution in [0.1, 0.15) is 142 Å². The molecular formula is C58H66FN5O13. The minimum Gasteiger partial charge on any atom is -0.458 e. The Morgan fingerprint density at radius 3 is 2.39 bits per heavy atom. The number of hydrogen-bond acceptors (Lipinski definition) is 14. The van der Waals surface area contributed by atoms with Gasteiger partial charge in [0.2, 0.25) is 17.7 Å². The molecule has 5 atom stereocenters. The number of cyclic esters (lactones) is 1. The number of esters is 1. The number of pyridine rings is 2. The first-order valence-electron chi connectivity index (χ1n) is 26.8. The van der Waals surface area contributed by atoms with Gasteiger partial charge in [0.15, 0.2) is 17.2 Å². The molecule has 18 nitrogen and oxygen atoms in total. The van der Waals surface area contributed by atoms with Crippen molar-refractivity contribution >= 4 is 63.5 Å². The SMILES string of the molecule is CC[C@@]1(O)C(=O)OCc2c1cc1n(c2=O)Cc2c-1nc1cc(F)c(C)c3c1c2[C@@H](NC(=O)COCCCC(=O)CNC(=O)[C@@H](CC(=O)CNC(=O)CCC(=O)CCCCCC1C(=O)CC(C)C1=O)Cc1ccccc1)CC3. The number of aromatic nitrogens is 2. The predicted molar refractivity (Wildman–Crippen MR) is 277 cm³/mol. The van der Waals surface area contributed by atoms with E-state index in [-0.39, 0.29) is 131 Å². The summed E-state index contributed by atoms with van der Waals surface area (Å²) in [5.74, 6) is -5.12. The van der Waals surface area contributed by atoms with Crippen molar-refractivity contribution in [1.29, 1.82) is 0 Å². The highest BCUT2D eigenvalue weighted by Crippen LogP contribution is 2.46. The number of nitrogens with one attached hydrogen (secondary N) is 3. The molecule has 2 aliphatic heterocycles. The first-order valence-corrected chi connectivity index (χ1v) is 26.8. The summed E-state index contributed by atoms with van der Waals surface area (Å²) in [4.78, 5) is 134. The van der Waals surface area contributed by atoms with Gasteiger partial charge in [0.1, 0.15) is 36.4 Å². The molecule has 8 rings (SSSR count). The van der Waals surface area contributed by atoms with E-state index in [2.05, 4.69) is 16.0 Å². The number of aliphatic hydroxyl groups is 1. The summed E-state index contributed by atoms with van der Waals surface area (Å²) in [6.07, 6.45) is 4.00. The Hall–Kier alpha value is -7.12. The molecule has 3 amide bonds. The zero-order valence-corrected chi connectivity index (χ0v) is 43.8. The van der Waals surface area contributed by atoms with Crippen LogP contribution in [-0.4, -0.2) is 93.6 Å². The van der Waals surface area contributed by atoms with Gasteiger partial charge >= 0.3 is 5.97 Å². The average molecular weight is 1060 g/mol. The summed E-state index contributed by atoms with van der Waals surface area (Å²) < 4.78 is 27.8. The molecule has 4 N–H and O–H groups in total. The topological polar surface area (TPSA) is 263 Å². The van der Waals surface area contributed by atoms with Gasteiger partial charge in [0.25, 0.3) is 5.56 Å². The largest absolute Gasteiger partial charge is 0.458 e. The second-order valence-electron chi connectivity index (χ2n) is 21.0. The van der Waals surface area contributed by atoms with E-state index >= 15 is 4.39 Å². The lowest BCUT2D eigenvalue weighted by Crippen LogP contribution is -2.44. The summed E-state index contributed by atoms with van der Waals surface area (Å²) in [7, 11) is 0. The van der Waals surface area contributed by atoms with Crippen LogP contribution in [0.5, 0.6) is 0 Å². The number of amides is 3. The molecule has 77 heavy (non-hydrogen) atoms. The first kappa shape index (κ1) is 56.1. The van der Waals surface area contributed by atoms with E-state index in [1.54, 1.807) is 39.0 Å². The van der Waals surface area contributed by atoms with Crippen LogP contribution in [0.2, 0.25) is 0 Å². The number of Topliss-reactive ketones (excluding diaryl/α,β-unsaturated/α-hetero) is 5. The molecule has 0 bridgehead atoms. The Balaban J connectivity index is 0.782. The van der Waals surface area contributed by atoms with Crippen LogP contribution < -0.4 is 21.5 Å². The van der Waals surface area contributed by atoms with E-state index in [4.69, 9.17) is 14.5 Å². The lowest BCUT2D eigenvalue weighted by Gasteiger charge is -2.31. The number of ketones is 5. The third-order valence-corrected chi connectivity index (χ3v) is 15.6. The molecule has 19 heteroatoms. The van der Waals surface area contributed by atoms with E-state index < -0.39 is 64.3 Å². The number of aryl methyl sites for hydroxylation is 1. The second kappa shape index (κ2) is 24.5. The van der Waals surface area contributed by atoms with Gasteiger partial charge in [-0.15, -0.1) is 0 Å². The number of unbranched alkanes of at least 4 members (excludes halogenated alkanes) is 2. The highest BCUT2D eigenvalue weighted by atomic mass is 19.1. The number of nitrogens with zero attached hydrogens (tertiary/aromatic N) is 2. The molecule has 2 aromatic carbocycles. The average Bonchev–Trinajstić information content (AvgIpc) is 3.95. The molecule has 4 heterocycles. The fourth-order valence-corrected chi connectivity index (χ4v) is 11.3. The van der Waals surface area contributed by atoms with Crippen molar-refractivity contribution in [1.82, 2.24) is 25.5 Å². The van der Waals surface area contributed by atoms with Crippen LogP contribution in [-0.2, 0) is 84.2 Å². The Morgan fingerprint density at radius 2 is 1.65 bits per heavy atom. The molecule has 408 valence electrons. The normalized spacial score (nSPS) is 19.5. The van der Waals surface area contributed by atoms with E-state index in [1.165, 1.54) is 10.6 Å². The maximum atomic E-state index is 15.4. The van der Waals surface area contributed by atoms with Gasteiger partial charge < -0.3 is 35.1 Å². The van der Waals surface area contributed by atoms with Crippen LogP contribution in [0.25, 0.3) is 22.3 Å². The Kier molecular flexibility index (Phi) is 17.8. The van der Waals surface area contributed by atoms with Crippen LogP contribution in [0, 0.1) is 30.5 Å². The minimum atomic E-state index is -2.03. The fraction of sp³-hybridized carbons (Fsp3) is 0.500. The Morgan fingerprint density at radius 1 is 0.896 bits per heavy atom. The molecular weight excluding hydrogens is 994 g/mol. The molecule has 1 saturated carbocycles. The summed E-state index contributed by atoms with van der Waals surface area (Å²) in [6.45, 7) is 3.93. The van der Waals surface area contributed by atoms with Gasteiger partial charge in [0, 0.05) is 79.5 Å². The summed E-state index contributed by atoms with van der Waals surface area (Å²) in [6, 6.07) is 11.4. The van der Waals surface area contributed by atoms with Crippen LogP contribution >= 0.6 is 0 Å². The van der Waals surface area contributed by atoms with Gasteiger partial charge in [-0.2, -0.15) is 0 Å². The van der Waals surface area contributed by atoms with Gasteiger partial charge in [-0.25, -0.2) is 14.2 Å². The maximum Gasteiger partial charge on any atom is 0.343 e. The van der Waals surface area contributed by atoms with Crippen molar-refractivity contribution in [3.63, 3.8) is 0 Å². The van der Waals surface area contributed by atoms with Gasteiger partial charge in [-0.1, -0.05) is 57.0 Å². The van der Waals surface area contributed by atoms with E-state index in [1.807, 2.05) is 18.2 Å². The third kappa shape index (κ3) is 12.5. The molecule has 1 fully saturated rings. The highest BCUT2D eigenvalue weighted by Gasteiger charge is 2.46. The molecule has 2 aliphatic carbocycles. The van der Waals surface area contributed by atoms with Crippen LogP contribution in [0.15, 0.2) is 47.3 Å². The monoisotopic (exact) mass is 1060 g/mol. The van der Waals surface area contributed by atoms with Gasteiger partial charge in [-0.05, 0) is 80.2 Å². The minimum absolute atomic E-state index is 0.00150. The number of rotatable bonds is 26. The molecule has 0 radical (unpaired) electrons. The highest BCUT2D eigenvalue weighted by molar-refractivity contribution is 6.09. The quantitative estimate of drug-likeness (QED) is 0.0318. The van der Waals surface area contributed by atoms with E-state index in [0.29, 0.717) is 83.9 Å². The predicted octanol–water partition coefficient (Wildman–Crippen LogP) is 5.14. The number of halogens is 1. The third-order valence-electron chi connectivity index (χ3n) is 15.6. The molecule has 2 aromatic heterocycles. The summed E-state index contributed by atoms with van der Waals surface area (Å²) >= 11 is 0. The molecule has 2 unspecified atom stereocenters. The van der Waals surface area contributed by atoms with Crippen molar-refractivity contribution < 1.29 is 62.1 Å². The van der Waals surface area contributed by atoms with Crippen LogP contribution in [0.3, 0.4) is 0 Å². The zero-order valence-electron chi connectivity index (χ0n) is 43.8. The number of ether oxygens (including phenoxy) is 2. The van der Waals surface area contributed by atoms with Crippen LogP contribution in [0.4, 0.5) is 4.39 Å². The smallest absolute Gasteiger partial charge is 0.343 e. The standard InChI is InChI=1S/C58H66FN5O13/c1-4-58(75)43-25-47-53-41(29-64(47)56(73)42(43)30-77-57(58)74)52-45(19-18-39-33(3)44(59)26-46(63-53)51(39)52)62-50(70)31-76-21-11-15-37(66)27-61-55(72)35(23-34-12-7-5-8-13-34)24-38(67)28-60-49(69)20-17-36(65)14-9-6-10-16-40-48(68)22-32(2)54(40)71/h5,7-8,12-13,25-26,32,35,40,45,75H,4,6,9-11,14-24,27-31H2,1-3H3,(H,60,69)(H,61,72)(H,62,70)/t32?,35-,40?,45+,58+/m1/s1. The van der Waals surface area contributed by atoms with Crippen molar-refractivity contribution in [2.75, 3.05) is 26.3 Å². The second-order valence-corrected chi connectivity index (χ2v) is 21.0. The number of benzene rings is 2. The van der Waals surface area contributed by atoms with Gasteiger partial charge in [0.05, 0.1) is 54.1 Å². The van der Waals surface area contributed by atoms with Gasteiger partial charge in [-0.3, -0.25) is 43.2 Å². The lowest BCUT2D eigenvalue weighted by atomic mass is 9.81. The number of hydrogen-bond donors (Lipinski definition) is 4. The zero-order chi connectivity index (χ0) is 55.1. The Labute approximate surface area is 444 Å². The number of carbonyl (C=O) groups excluding carboxylic acids is 9. The first-order chi connectivity index (χ1) is 36.9. The van der Waals surface area contributed by atoms with E-state index in [0.717, 1.165) is 11.1 Å². The summed E-state index contributed by atoms with van der Waals surface area (Å²) in [5.41, 5.74) is 2.26. The van der Waals surface area contributed by atoms with Crippen molar-refractivity contribution in [3.05, 3.63) is 97.6 Å². The summed E-state index contributed by atoms with van der Waals surface area (Å²) in [5, 5.41) is 20.3. The van der Waals surface area contributed by atoms with Crippen molar-refractivity contribution in [2.45, 2.75) is 142 Å². The number of carbonyl (C=O) groups is 9. The fourth-order valence-electron chi connectivity index (χ4n) is 11.3. The molecule has 4 aromatic rings. The lowest BCUT2D eigenvalue weighted by molar-refractivity contribution is -0.172.